The van der Waals surface area contributed by atoms with E-state index < -0.39 is 5.97 Å². The third-order valence-electron chi connectivity index (χ3n) is 4.07. The maximum atomic E-state index is 12.2. The van der Waals surface area contributed by atoms with E-state index >= 15 is 0 Å². The Balaban J connectivity index is 2.08. The molecule has 2 aromatic rings. The number of unbranched alkanes of at least 4 members (excludes halogenated alkanes) is 1. The fourth-order valence-electron chi connectivity index (χ4n) is 2.46. The predicted molar refractivity (Wildman–Crippen MR) is 102 cm³/mol. The molecule has 0 aliphatic carbocycles. The highest BCUT2D eigenvalue weighted by Gasteiger charge is 2.12. The van der Waals surface area contributed by atoms with E-state index in [4.69, 9.17) is 5.11 Å². The van der Waals surface area contributed by atoms with Crippen molar-refractivity contribution >= 4 is 17.8 Å². The van der Waals surface area contributed by atoms with E-state index in [1.54, 1.807) is 13.1 Å². The standard InChI is InChI=1S/C20H25N3O3/c1-3-4-14-21-20(26)23(2)18-7-5-6-17(22-18)16-11-8-15(9-12-16)10-13-19(24)25/h5-9,11-12H,3-4,10,13-14H2,1-2H3,(H,21,26)(H,24,25). The zero-order valence-corrected chi connectivity index (χ0v) is 15.2. The van der Waals surface area contributed by atoms with Crippen LogP contribution in [-0.4, -0.2) is 35.7 Å². The number of rotatable bonds is 8. The number of carbonyl (C=O) groups excluding carboxylic acids is 1. The summed E-state index contributed by atoms with van der Waals surface area (Å²) in [4.78, 5) is 28.9. The van der Waals surface area contributed by atoms with Crippen LogP contribution >= 0.6 is 0 Å². The first-order valence-electron chi connectivity index (χ1n) is 8.81. The smallest absolute Gasteiger partial charge is 0.322 e. The first kappa shape index (κ1) is 19.4. The molecule has 0 saturated heterocycles. The number of hydrogen-bond donors (Lipinski definition) is 2. The molecule has 0 bridgehead atoms. The lowest BCUT2D eigenvalue weighted by Crippen LogP contribution is -2.38. The van der Waals surface area contributed by atoms with Crippen LogP contribution < -0.4 is 10.2 Å². The number of carboxylic acid groups (broad SMARTS) is 1. The number of nitrogens with one attached hydrogen (secondary N) is 1. The zero-order valence-electron chi connectivity index (χ0n) is 15.2. The Morgan fingerprint density at radius 1 is 1.15 bits per heavy atom. The second-order valence-electron chi connectivity index (χ2n) is 6.12. The van der Waals surface area contributed by atoms with Gasteiger partial charge in [-0.05, 0) is 30.5 Å². The van der Waals surface area contributed by atoms with E-state index in [9.17, 15) is 9.59 Å². The van der Waals surface area contributed by atoms with Gasteiger partial charge in [0.15, 0.2) is 0 Å². The number of urea groups is 1. The van der Waals surface area contributed by atoms with Gasteiger partial charge in [0.25, 0.3) is 0 Å². The summed E-state index contributed by atoms with van der Waals surface area (Å²) in [7, 11) is 1.70. The number of nitrogens with zero attached hydrogens (tertiary/aromatic N) is 2. The van der Waals surface area contributed by atoms with Crippen molar-refractivity contribution in [2.75, 3.05) is 18.5 Å². The number of benzene rings is 1. The fourth-order valence-corrected chi connectivity index (χ4v) is 2.46. The number of pyridine rings is 1. The molecule has 1 aromatic carbocycles. The fraction of sp³-hybridized carbons (Fsp3) is 0.350. The maximum absolute atomic E-state index is 12.2. The molecule has 0 aliphatic rings. The Morgan fingerprint density at radius 2 is 1.88 bits per heavy atom. The van der Waals surface area contributed by atoms with Gasteiger partial charge in [0.2, 0.25) is 0 Å². The van der Waals surface area contributed by atoms with Crippen LogP contribution in [0.3, 0.4) is 0 Å². The molecule has 1 aromatic heterocycles. The molecule has 2 rings (SSSR count). The van der Waals surface area contributed by atoms with Crippen LogP contribution in [0.25, 0.3) is 11.3 Å². The molecular weight excluding hydrogens is 330 g/mol. The Morgan fingerprint density at radius 3 is 2.54 bits per heavy atom. The molecule has 0 saturated carbocycles. The molecule has 1 heterocycles. The summed E-state index contributed by atoms with van der Waals surface area (Å²) in [5.74, 6) is -0.227. The van der Waals surface area contributed by atoms with Gasteiger partial charge in [-0.2, -0.15) is 0 Å². The van der Waals surface area contributed by atoms with Crippen molar-refractivity contribution in [3.63, 3.8) is 0 Å². The van der Waals surface area contributed by atoms with Crippen LogP contribution in [0.2, 0.25) is 0 Å². The predicted octanol–water partition coefficient (Wildman–Crippen LogP) is 3.71. The third-order valence-corrected chi connectivity index (χ3v) is 4.07. The highest BCUT2D eigenvalue weighted by atomic mass is 16.4. The van der Waals surface area contributed by atoms with Crippen LogP contribution in [0, 0.1) is 0 Å². The number of aliphatic carboxylic acids is 1. The quantitative estimate of drug-likeness (QED) is 0.707. The minimum Gasteiger partial charge on any atom is -0.481 e. The lowest BCUT2D eigenvalue weighted by Gasteiger charge is -2.17. The van der Waals surface area contributed by atoms with Gasteiger partial charge in [-0.3, -0.25) is 9.69 Å². The Hall–Kier alpha value is -2.89. The van der Waals surface area contributed by atoms with Gasteiger partial charge in [-0.15, -0.1) is 0 Å². The van der Waals surface area contributed by atoms with Crippen molar-refractivity contribution in [1.82, 2.24) is 10.3 Å². The largest absolute Gasteiger partial charge is 0.481 e. The molecule has 6 nitrogen and oxygen atoms in total. The van der Waals surface area contributed by atoms with Gasteiger partial charge < -0.3 is 10.4 Å². The van der Waals surface area contributed by atoms with E-state index in [0.717, 1.165) is 29.7 Å². The molecule has 0 unspecified atom stereocenters. The van der Waals surface area contributed by atoms with Crippen LogP contribution in [0.15, 0.2) is 42.5 Å². The second kappa shape index (κ2) is 9.56. The summed E-state index contributed by atoms with van der Waals surface area (Å²) in [6, 6.07) is 13.0. The maximum Gasteiger partial charge on any atom is 0.322 e. The van der Waals surface area contributed by atoms with Crippen LogP contribution in [0.4, 0.5) is 10.6 Å². The van der Waals surface area contributed by atoms with E-state index in [-0.39, 0.29) is 12.5 Å². The summed E-state index contributed by atoms with van der Waals surface area (Å²) in [6.45, 7) is 2.73. The van der Waals surface area contributed by atoms with Crippen molar-refractivity contribution in [2.24, 2.45) is 0 Å². The topological polar surface area (TPSA) is 82.5 Å². The zero-order chi connectivity index (χ0) is 18.9. The molecule has 0 spiro atoms. The lowest BCUT2D eigenvalue weighted by atomic mass is 10.1. The Bertz CT molecular complexity index is 744. The lowest BCUT2D eigenvalue weighted by molar-refractivity contribution is -0.136. The van der Waals surface area contributed by atoms with Crippen molar-refractivity contribution in [3.8, 4) is 11.3 Å². The second-order valence-corrected chi connectivity index (χ2v) is 6.12. The SMILES string of the molecule is CCCCNC(=O)N(C)c1cccc(-c2ccc(CCC(=O)O)cc2)n1. The molecule has 0 aliphatic heterocycles. The molecule has 26 heavy (non-hydrogen) atoms. The van der Waals surface area contributed by atoms with Gasteiger partial charge in [-0.25, -0.2) is 9.78 Å². The van der Waals surface area contributed by atoms with Gasteiger partial charge >= 0.3 is 12.0 Å². The number of amides is 2. The average molecular weight is 355 g/mol. The van der Waals surface area contributed by atoms with E-state index in [0.29, 0.717) is 18.8 Å². The van der Waals surface area contributed by atoms with Gasteiger partial charge in [0.1, 0.15) is 5.82 Å². The third kappa shape index (κ3) is 5.58. The summed E-state index contributed by atoms with van der Waals surface area (Å²) in [6.07, 6.45) is 2.59. The summed E-state index contributed by atoms with van der Waals surface area (Å²) < 4.78 is 0. The van der Waals surface area contributed by atoms with Gasteiger partial charge in [-0.1, -0.05) is 43.7 Å². The van der Waals surface area contributed by atoms with E-state index in [2.05, 4.69) is 17.2 Å². The summed E-state index contributed by atoms with van der Waals surface area (Å²) >= 11 is 0. The first-order valence-corrected chi connectivity index (χ1v) is 8.81. The van der Waals surface area contributed by atoms with E-state index in [1.807, 2.05) is 36.4 Å². The molecule has 2 N–H and O–H groups in total. The van der Waals surface area contributed by atoms with Crippen molar-refractivity contribution in [2.45, 2.75) is 32.6 Å². The number of aromatic nitrogens is 1. The first-order chi connectivity index (χ1) is 12.5. The summed E-state index contributed by atoms with van der Waals surface area (Å²) in [5.41, 5.74) is 2.66. The number of aryl methyl sites for hydroxylation is 1. The molecule has 6 heteroatoms. The average Bonchev–Trinajstić information content (AvgIpc) is 2.66. The van der Waals surface area contributed by atoms with Crippen LogP contribution in [0.5, 0.6) is 0 Å². The highest BCUT2D eigenvalue weighted by molar-refractivity contribution is 5.90. The van der Waals surface area contributed by atoms with Gasteiger partial charge in [0.05, 0.1) is 5.69 Å². The number of anilines is 1. The van der Waals surface area contributed by atoms with Crippen molar-refractivity contribution < 1.29 is 14.7 Å². The minimum absolute atomic E-state index is 0.116. The minimum atomic E-state index is -0.802. The van der Waals surface area contributed by atoms with E-state index in [1.165, 1.54) is 4.90 Å². The molecular formula is C20H25N3O3. The van der Waals surface area contributed by atoms with Crippen LogP contribution in [0.1, 0.15) is 31.7 Å². The normalized spacial score (nSPS) is 10.4. The highest BCUT2D eigenvalue weighted by Crippen LogP contribution is 2.21. The van der Waals surface area contributed by atoms with Crippen molar-refractivity contribution in [1.29, 1.82) is 0 Å². The Kier molecular flexibility index (Phi) is 7.14. The number of carbonyl (C=O) groups is 2. The summed E-state index contributed by atoms with van der Waals surface area (Å²) in [5, 5.41) is 11.6. The Labute approximate surface area is 153 Å². The molecule has 138 valence electrons. The van der Waals surface area contributed by atoms with Crippen LogP contribution in [-0.2, 0) is 11.2 Å². The molecule has 0 fully saturated rings. The number of hydrogen-bond acceptors (Lipinski definition) is 3. The number of carboxylic acids is 1. The van der Waals surface area contributed by atoms with Crippen molar-refractivity contribution in [3.05, 3.63) is 48.0 Å². The molecule has 0 atom stereocenters. The molecule has 0 radical (unpaired) electrons. The monoisotopic (exact) mass is 355 g/mol. The van der Waals surface area contributed by atoms with Gasteiger partial charge in [0, 0.05) is 25.6 Å². The molecule has 2 amide bonds.